The summed E-state index contributed by atoms with van der Waals surface area (Å²) in [6.45, 7) is 4.99. The Balaban J connectivity index is 1.38. The number of amides is 1. The van der Waals surface area contributed by atoms with Gasteiger partial charge < -0.3 is 14.5 Å². The van der Waals surface area contributed by atoms with Gasteiger partial charge in [0.2, 0.25) is 15.9 Å². The van der Waals surface area contributed by atoms with Crippen LogP contribution < -0.4 is 10.1 Å². The van der Waals surface area contributed by atoms with E-state index in [1.807, 2.05) is 38.1 Å². The molecule has 1 saturated heterocycles. The Hall–Kier alpha value is -2.84. The van der Waals surface area contributed by atoms with Gasteiger partial charge in [-0.2, -0.15) is 4.31 Å². The van der Waals surface area contributed by atoms with Gasteiger partial charge in [0.25, 0.3) is 0 Å². The first-order chi connectivity index (χ1) is 15.4. The summed E-state index contributed by atoms with van der Waals surface area (Å²) in [5.74, 6) is 1.02. The van der Waals surface area contributed by atoms with Crippen LogP contribution in [-0.4, -0.2) is 38.3 Å². The van der Waals surface area contributed by atoms with E-state index < -0.39 is 10.0 Å². The lowest BCUT2D eigenvalue weighted by Gasteiger charge is -2.31. The predicted octanol–water partition coefficient (Wildman–Crippen LogP) is 4.11. The molecule has 170 valence electrons. The van der Waals surface area contributed by atoms with E-state index in [4.69, 9.17) is 9.15 Å². The minimum Gasteiger partial charge on any atom is -0.490 e. The zero-order chi connectivity index (χ0) is 22.7. The Labute approximate surface area is 188 Å². The van der Waals surface area contributed by atoms with Crippen LogP contribution in [0.5, 0.6) is 5.75 Å². The summed E-state index contributed by atoms with van der Waals surface area (Å²) in [5, 5.41) is 3.94. The van der Waals surface area contributed by atoms with Crippen molar-refractivity contribution >= 4 is 26.9 Å². The van der Waals surface area contributed by atoms with Crippen molar-refractivity contribution in [1.29, 1.82) is 0 Å². The number of furan rings is 1. The lowest BCUT2D eigenvalue weighted by Crippen LogP contribution is -2.43. The second kappa shape index (κ2) is 9.34. The standard InChI is InChI=1S/C24H28N2O5S/c1-3-30-21-11-7-8-19-16-22(31-23(19)21)17(2)25-24(27)18-12-14-26(15-13-18)32(28,29)20-9-5-4-6-10-20/h4-11,16-18H,3,12-15H2,1-2H3,(H,25,27). The Morgan fingerprint density at radius 1 is 1.16 bits per heavy atom. The summed E-state index contributed by atoms with van der Waals surface area (Å²) in [6, 6.07) is 15.7. The maximum atomic E-state index is 12.8. The molecule has 0 saturated carbocycles. The van der Waals surface area contributed by atoms with Crippen LogP contribution in [0.15, 0.2) is 63.9 Å². The van der Waals surface area contributed by atoms with Crippen molar-refractivity contribution in [3.05, 3.63) is 60.4 Å². The summed E-state index contributed by atoms with van der Waals surface area (Å²) in [7, 11) is -3.53. The number of nitrogens with one attached hydrogen (secondary N) is 1. The minimum atomic E-state index is -3.53. The molecule has 2 aromatic carbocycles. The number of carbonyl (C=O) groups excluding carboxylic acids is 1. The van der Waals surface area contributed by atoms with Crippen LogP contribution in [0.1, 0.15) is 38.5 Å². The third kappa shape index (κ3) is 4.52. The zero-order valence-corrected chi connectivity index (χ0v) is 19.1. The number of carbonyl (C=O) groups is 1. The summed E-state index contributed by atoms with van der Waals surface area (Å²) < 4.78 is 38.6. The van der Waals surface area contributed by atoms with Gasteiger partial charge in [-0.3, -0.25) is 4.79 Å². The van der Waals surface area contributed by atoms with Crippen LogP contribution in [0.25, 0.3) is 11.0 Å². The fraction of sp³-hybridized carbons (Fsp3) is 0.375. The van der Waals surface area contributed by atoms with Gasteiger partial charge in [0, 0.05) is 24.4 Å². The average molecular weight is 457 g/mol. The first-order valence-electron chi connectivity index (χ1n) is 10.9. The number of rotatable bonds is 7. The molecule has 1 fully saturated rings. The second-order valence-electron chi connectivity index (χ2n) is 7.98. The van der Waals surface area contributed by atoms with E-state index in [1.165, 1.54) is 4.31 Å². The topological polar surface area (TPSA) is 88.9 Å². The number of fused-ring (bicyclic) bond motifs is 1. The van der Waals surface area contributed by atoms with Gasteiger partial charge in [0.15, 0.2) is 11.3 Å². The number of sulfonamides is 1. The van der Waals surface area contributed by atoms with Crippen molar-refractivity contribution in [1.82, 2.24) is 9.62 Å². The highest BCUT2D eigenvalue weighted by molar-refractivity contribution is 7.89. The molecule has 2 heterocycles. The Bertz CT molecular complexity index is 1180. The summed E-state index contributed by atoms with van der Waals surface area (Å²) in [6.07, 6.45) is 0.971. The molecule has 1 aliphatic rings. The molecular weight excluding hydrogens is 428 g/mol. The highest BCUT2D eigenvalue weighted by atomic mass is 32.2. The molecule has 1 N–H and O–H groups in total. The molecule has 0 aliphatic carbocycles. The van der Waals surface area contributed by atoms with Gasteiger partial charge in [-0.1, -0.05) is 30.3 Å². The minimum absolute atomic E-state index is 0.0836. The number of benzene rings is 2. The van der Waals surface area contributed by atoms with Crippen molar-refractivity contribution in [2.24, 2.45) is 5.92 Å². The van der Waals surface area contributed by atoms with Gasteiger partial charge in [0.05, 0.1) is 17.5 Å². The van der Waals surface area contributed by atoms with Crippen molar-refractivity contribution in [2.45, 2.75) is 37.6 Å². The smallest absolute Gasteiger partial charge is 0.243 e. The van der Waals surface area contributed by atoms with Crippen molar-refractivity contribution in [3.8, 4) is 5.75 Å². The fourth-order valence-corrected chi connectivity index (χ4v) is 5.53. The monoisotopic (exact) mass is 456 g/mol. The van der Waals surface area contributed by atoms with E-state index in [0.717, 1.165) is 5.39 Å². The Kier molecular flexibility index (Phi) is 6.53. The number of nitrogens with zero attached hydrogens (tertiary/aromatic N) is 1. The summed E-state index contributed by atoms with van der Waals surface area (Å²) in [5.41, 5.74) is 0.671. The molecule has 7 nitrogen and oxygen atoms in total. The van der Waals surface area contributed by atoms with Gasteiger partial charge in [-0.05, 0) is 51.0 Å². The molecule has 1 unspecified atom stereocenters. The van der Waals surface area contributed by atoms with Gasteiger partial charge >= 0.3 is 0 Å². The van der Waals surface area contributed by atoms with E-state index in [-0.39, 0.29) is 22.8 Å². The van der Waals surface area contributed by atoms with Crippen LogP contribution in [-0.2, 0) is 14.8 Å². The number of piperidine rings is 1. The first kappa shape index (κ1) is 22.4. The molecule has 1 aliphatic heterocycles. The highest BCUT2D eigenvalue weighted by Crippen LogP contribution is 2.31. The fourth-order valence-electron chi connectivity index (χ4n) is 4.04. The molecular formula is C24H28N2O5S. The molecule has 32 heavy (non-hydrogen) atoms. The van der Waals surface area contributed by atoms with Gasteiger partial charge in [0.1, 0.15) is 5.76 Å². The normalized spacial score (nSPS) is 16.7. The third-order valence-corrected chi connectivity index (χ3v) is 7.73. The predicted molar refractivity (Wildman–Crippen MR) is 122 cm³/mol. The molecule has 3 aromatic rings. The number of ether oxygens (including phenoxy) is 1. The molecule has 4 rings (SSSR count). The summed E-state index contributed by atoms with van der Waals surface area (Å²) >= 11 is 0. The Morgan fingerprint density at radius 2 is 1.88 bits per heavy atom. The molecule has 8 heteroatoms. The SMILES string of the molecule is CCOc1cccc2cc(C(C)NC(=O)C3CCN(S(=O)(=O)c4ccccc4)CC3)oc12. The van der Waals surface area contributed by atoms with E-state index in [0.29, 0.717) is 49.6 Å². The number of hydrogen-bond acceptors (Lipinski definition) is 5. The lowest BCUT2D eigenvalue weighted by molar-refractivity contribution is -0.126. The van der Waals surface area contributed by atoms with Crippen LogP contribution in [0.2, 0.25) is 0 Å². The van der Waals surface area contributed by atoms with E-state index in [1.54, 1.807) is 30.3 Å². The zero-order valence-electron chi connectivity index (χ0n) is 18.3. The Morgan fingerprint density at radius 3 is 2.56 bits per heavy atom. The second-order valence-corrected chi connectivity index (χ2v) is 9.92. The van der Waals surface area contributed by atoms with E-state index in [2.05, 4.69) is 5.32 Å². The highest BCUT2D eigenvalue weighted by Gasteiger charge is 2.32. The van der Waals surface area contributed by atoms with E-state index in [9.17, 15) is 13.2 Å². The molecule has 1 atom stereocenters. The number of hydrogen-bond donors (Lipinski definition) is 1. The van der Waals surface area contributed by atoms with Crippen LogP contribution >= 0.6 is 0 Å². The summed E-state index contributed by atoms with van der Waals surface area (Å²) in [4.78, 5) is 13.1. The van der Waals surface area contributed by atoms with Crippen LogP contribution in [0.4, 0.5) is 0 Å². The van der Waals surface area contributed by atoms with Crippen molar-refractivity contribution < 1.29 is 22.4 Å². The first-order valence-corrected chi connectivity index (χ1v) is 12.3. The van der Waals surface area contributed by atoms with Crippen LogP contribution in [0, 0.1) is 5.92 Å². The lowest BCUT2D eigenvalue weighted by atomic mass is 9.97. The maximum Gasteiger partial charge on any atom is 0.243 e. The molecule has 0 spiro atoms. The molecule has 1 amide bonds. The average Bonchev–Trinajstić information content (AvgIpc) is 3.25. The van der Waals surface area contributed by atoms with E-state index >= 15 is 0 Å². The molecule has 1 aromatic heterocycles. The third-order valence-electron chi connectivity index (χ3n) is 5.82. The van der Waals surface area contributed by atoms with Gasteiger partial charge in [-0.15, -0.1) is 0 Å². The number of para-hydroxylation sites is 1. The largest absolute Gasteiger partial charge is 0.490 e. The maximum absolute atomic E-state index is 12.8. The molecule has 0 bridgehead atoms. The van der Waals surface area contributed by atoms with Crippen molar-refractivity contribution in [3.63, 3.8) is 0 Å². The quantitative estimate of drug-likeness (QED) is 0.578. The van der Waals surface area contributed by atoms with Gasteiger partial charge in [-0.25, -0.2) is 8.42 Å². The van der Waals surface area contributed by atoms with Crippen LogP contribution in [0.3, 0.4) is 0 Å². The van der Waals surface area contributed by atoms with Crippen molar-refractivity contribution in [2.75, 3.05) is 19.7 Å². The molecule has 0 radical (unpaired) electrons.